The van der Waals surface area contributed by atoms with Gasteiger partial charge in [0.15, 0.2) is 11.5 Å². The minimum absolute atomic E-state index is 0.212. The molecule has 2 aliphatic rings. The van der Waals surface area contributed by atoms with Crippen molar-refractivity contribution in [1.82, 2.24) is 4.90 Å². The molecule has 5 nitrogen and oxygen atoms in total. The molecule has 1 amide bonds. The van der Waals surface area contributed by atoms with E-state index in [1.807, 2.05) is 0 Å². The Morgan fingerprint density at radius 3 is 2.86 bits per heavy atom. The number of rotatable bonds is 6. The second-order valence-corrected chi connectivity index (χ2v) is 6.07. The Morgan fingerprint density at radius 1 is 1.36 bits per heavy atom. The molecule has 0 fully saturated rings. The van der Waals surface area contributed by atoms with Crippen molar-refractivity contribution in [2.24, 2.45) is 5.73 Å². The lowest BCUT2D eigenvalue weighted by Crippen LogP contribution is -2.35. The minimum atomic E-state index is -0.212. The molecule has 1 heterocycles. The highest BCUT2D eigenvalue weighted by Gasteiger charge is 2.36. The second kappa shape index (κ2) is 6.16. The zero-order valence-electron chi connectivity index (χ0n) is 13.4. The standard InChI is InChI=1S/C17H24N2O3/c1-21-14-10-11-7-9-19(8-3-4-15(18)20)13-6-5-12(16(11)13)17(14)22-2/h10,13H,3-9H2,1-2H3,(H2,18,20). The highest BCUT2D eigenvalue weighted by molar-refractivity contribution is 5.73. The van der Waals surface area contributed by atoms with Crippen molar-refractivity contribution in [1.29, 1.82) is 0 Å². The zero-order chi connectivity index (χ0) is 15.7. The molecule has 0 saturated carbocycles. The van der Waals surface area contributed by atoms with Crippen molar-refractivity contribution in [3.8, 4) is 11.5 Å². The van der Waals surface area contributed by atoms with Gasteiger partial charge >= 0.3 is 0 Å². The summed E-state index contributed by atoms with van der Waals surface area (Å²) in [7, 11) is 3.41. The minimum Gasteiger partial charge on any atom is -0.493 e. The van der Waals surface area contributed by atoms with Crippen LogP contribution in [0.2, 0.25) is 0 Å². The average molecular weight is 304 g/mol. The third-order valence-electron chi connectivity index (χ3n) is 4.88. The number of hydrogen-bond acceptors (Lipinski definition) is 4. The van der Waals surface area contributed by atoms with Crippen LogP contribution < -0.4 is 15.2 Å². The molecule has 1 aromatic rings. The molecular formula is C17H24N2O3. The summed E-state index contributed by atoms with van der Waals surface area (Å²) >= 11 is 0. The molecule has 2 N–H and O–H groups in total. The highest BCUT2D eigenvalue weighted by Crippen LogP contribution is 2.48. The molecule has 1 aliphatic heterocycles. The lowest BCUT2D eigenvalue weighted by atomic mass is 9.92. The summed E-state index contributed by atoms with van der Waals surface area (Å²) in [4.78, 5) is 13.4. The highest BCUT2D eigenvalue weighted by atomic mass is 16.5. The number of methoxy groups -OCH3 is 2. The van der Waals surface area contributed by atoms with Crippen molar-refractivity contribution < 1.29 is 14.3 Å². The van der Waals surface area contributed by atoms with E-state index >= 15 is 0 Å². The molecule has 120 valence electrons. The van der Waals surface area contributed by atoms with Crippen molar-refractivity contribution >= 4 is 5.91 Å². The summed E-state index contributed by atoms with van der Waals surface area (Å²) in [5.74, 6) is 1.53. The first-order valence-electron chi connectivity index (χ1n) is 7.94. The Balaban J connectivity index is 1.86. The molecule has 0 saturated heterocycles. The normalized spacial score (nSPS) is 19.8. The summed E-state index contributed by atoms with van der Waals surface area (Å²) in [5.41, 5.74) is 9.37. The Labute approximate surface area is 131 Å². The predicted molar refractivity (Wildman–Crippen MR) is 84.3 cm³/mol. The molecule has 0 radical (unpaired) electrons. The summed E-state index contributed by atoms with van der Waals surface area (Å²) in [6.07, 6.45) is 4.47. The number of primary amides is 1. The van der Waals surface area contributed by atoms with Gasteiger partial charge in [0, 0.05) is 24.6 Å². The van der Waals surface area contributed by atoms with Crippen LogP contribution in [0.3, 0.4) is 0 Å². The molecule has 22 heavy (non-hydrogen) atoms. The SMILES string of the molecule is COc1cc2c3c(c1OC)CCC3N(CCCC(N)=O)CC2. The van der Waals surface area contributed by atoms with Gasteiger partial charge in [0.25, 0.3) is 0 Å². The van der Waals surface area contributed by atoms with Crippen LogP contribution in [-0.2, 0) is 17.6 Å². The Hall–Kier alpha value is -1.75. The first-order chi connectivity index (χ1) is 10.7. The molecule has 3 rings (SSSR count). The maximum atomic E-state index is 10.9. The van der Waals surface area contributed by atoms with Gasteiger partial charge in [-0.3, -0.25) is 9.69 Å². The number of amides is 1. The number of carbonyl (C=O) groups is 1. The smallest absolute Gasteiger partial charge is 0.217 e. The molecule has 1 atom stereocenters. The van der Waals surface area contributed by atoms with Crippen LogP contribution in [0.25, 0.3) is 0 Å². The van der Waals surface area contributed by atoms with E-state index in [4.69, 9.17) is 15.2 Å². The van der Waals surface area contributed by atoms with E-state index in [1.54, 1.807) is 14.2 Å². The number of carbonyl (C=O) groups excluding carboxylic acids is 1. The molecule has 1 aromatic carbocycles. The van der Waals surface area contributed by atoms with Gasteiger partial charge in [0.2, 0.25) is 5.91 Å². The number of benzene rings is 1. The van der Waals surface area contributed by atoms with E-state index < -0.39 is 0 Å². The van der Waals surface area contributed by atoms with E-state index in [1.165, 1.54) is 16.7 Å². The molecule has 0 spiro atoms. The van der Waals surface area contributed by atoms with Crippen LogP contribution >= 0.6 is 0 Å². The fraction of sp³-hybridized carbons (Fsp3) is 0.588. The van der Waals surface area contributed by atoms with Gasteiger partial charge in [-0.15, -0.1) is 0 Å². The van der Waals surface area contributed by atoms with Gasteiger partial charge in [0.05, 0.1) is 14.2 Å². The lowest BCUT2D eigenvalue weighted by molar-refractivity contribution is -0.118. The summed E-state index contributed by atoms with van der Waals surface area (Å²) in [6, 6.07) is 2.59. The predicted octanol–water partition coefficient (Wildman–Crippen LogP) is 1.81. The fourth-order valence-electron chi connectivity index (χ4n) is 3.95. The summed E-state index contributed by atoms with van der Waals surface area (Å²) < 4.78 is 11.1. The van der Waals surface area contributed by atoms with Gasteiger partial charge in [0.1, 0.15) is 0 Å². The van der Waals surface area contributed by atoms with Gasteiger partial charge < -0.3 is 15.2 Å². The first kappa shape index (κ1) is 15.2. The van der Waals surface area contributed by atoms with Crippen molar-refractivity contribution in [3.63, 3.8) is 0 Å². The number of ether oxygens (including phenoxy) is 2. The third-order valence-corrected chi connectivity index (χ3v) is 4.88. The van der Waals surface area contributed by atoms with Crippen LogP contribution in [0, 0.1) is 0 Å². The second-order valence-electron chi connectivity index (χ2n) is 6.07. The van der Waals surface area contributed by atoms with Crippen molar-refractivity contribution in [2.45, 2.75) is 38.1 Å². The van der Waals surface area contributed by atoms with Crippen LogP contribution in [-0.4, -0.2) is 38.1 Å². The topological polar surface area (TPSA) is 64.8 Å². The summed E-state index contributed by atoms with van der Waals surface area (Å²) in [6.45, 7) is 1.96. The Bertz CT molecular complexity index is 586. The van der Waals surface area contributed by atoms with Crippen LogP contribution in [0.5, 0.6) is 11.5 Å². The maximum absolute atomic E-state index is 10.9. The largest absolute Gasteiger partial charge is 0.493 e. The zero-order valence-corrected chi connectivity index (χ0v) is 13.4. The van der Waals surface area contributed by atoms with Crippen LogP contribution in [0.15, 0.2) is 6.07 Å². The fourth-order valence-corrected chi connectivity index (χ4v) is 3.95. The van der Waals surface area contributed by atoms with E-state index in [-0.39, 0.29) is 5.91 Å². The molecule has 0 aromatic heterocycles. The number of nitrogens with two attached hydrogens (primary N) is 1. The number of hydrogen-bond donors (Lipinski definition) is 1. The van der Waals surface area contributed by atoms with Gasteiger partial charge in [-0.05, 0) is 49.4 Å². The lowest BCUT2D eigenvalue weighted by Gasteiger charge is -2.35. The monoisotopic (exact) mass is 304 g/mol. The molecule has 5 heteroatoms. The Morgan fingerprint density at radius 2 is 2.18 bits per heavy atom. The van der Waals surface area contributed by atoms with E-state index in [2.05, 4.69) is 11.0 Å². The van der Waals surface area contributed by atoms with E-state index in [0.717, 1.165) is 50.3 Å². The van der Waals surface area contributed by atoms with E-state index in [9.17, 15) is 4.79 Å². The van der Waals surface area contributed by atoms with Crippen molar-refractivity contribution in [3.05, 3.63) is 22.8 Å². The maximum Gasteiger partial charge on any atom is 0.217 e. The molecule has 1 aliphatic carbocycles. The van der Waals surface area contributed by atoms with Crippen molar-refractivity contribution in [2.75, 3.05) is 27.3 Å². The average Bonchev–Trinajstić information content (AvgIpc) is 2.95. The molecule has 1 unspecified atom stereocenters. The number of nitrogens with zero attached hydrogens (tertiary/aromatic N) is 1. The Kier molecular flexibility index (Phi) is 4.25. The molecular weight excluding hydrogens is 280 g/mol. The van der Waals surface area contributed by atoms with Gasteiger partial charge in [-0.1, -0.05) is 0 Å². The molecule has 0 bridgehead atoms. The van der Waals surface area contributed by atoms with Gasteiger partial charge in [-0.2, -0.15) is 0 Å². The van der Waals surface area contributed by atoms with Crippen LogP contribution in [0.4, 0.5) is 0 Å². The quantitative estimate of drug-likeness (QED) is 0.870. The van der Waals surface area contributed by atoms with Gasteiger partial charge in [-0.25, -0.2) is 0 Å². The third kappa shape index (κ3) is 2.54. The summed E-state index contributed by atoms with van der Waals surface area (Å²) in [5, 5.41) is 0. The van der Waals surface area contributed by atoms with Crippen LogP contribution in [0.1, 0.15) is 42.0 Å². The van der Waals surface area contributed by atoms with E-state index in [0.29, 0.717) is 12.5 Å². The first-order valence-corrected chi connectivity index (χ1v) is 7.94.